The maximum atomic E-state index is 12.8. The van der Waals surface area contributed by atoms with Gasteiger partial charge in [-0.2, -0.15) is 0 Å². The molecule has 1 aromatic heterocycles. The van der Waals surface area contributed by atoms with Gasteiger partial charge in [0.05, 0.1) is 25.0 Å². The van der Waals surface area contributed by atoms with E-state index in [0.29, 0.717) is 31.4 Å². The molecule has 3 fully saturated rings. The van der Waals surface area contributed by atoms with Crippen LogP contribution in [0.5, 0.6) is 0 Å². The third-order valence-corrected chi connectivity index (χ3v) is 5.74. The molecule has 0 aromatic carbocycles. The molecule has 6 nitrogen and oxygen atoms in total. The lowest BCUT2D eigenvalue weighted by molar-refractivity contribution is -0.137. The second-order valence-corrected chi connectivity index (χ2v) is 7.33. The van der Waals surface area contributed by atoms with E-state index in [4.69, 9.17) is 9.15 Å². The van der Waals surface area contributed by atoms with Crippen LogP contribution in [0.4, 0.5) is 0 Å². The first kappa shape index (κ1) is 15.7. The topological polar surface area (TPSA) is 63.0 Å². The van der Waals surface area contributed by atoms with Crippen LogP contribution in [0, 0.1) is 11.8 Å². The lowest BCUT2D eigenvalue weighted by atomic mass is 10.0. The van der Waals surface area contributed by atoms with Crippen molar-refractivity contribution in [3.8, 4) is 0 Å². The van der Waals surface area contributed by atoms with Crippen LogP contribution in [0.15, 0.2) is 16.7 Å². The number of furan rings is 1. The van der Waals surface area contributed by atoms with Crippen molar-refractivity contribution in [2.45, 2.75) is 44.9 Å². The van der Waals surface area contributed by atoms with Crippen LogP contribution in [0.1, 0.15) is 42.3 Å². The Balaban J connectivity index is 1.43. The summed E-state index contributed by atoms with van der Waals surface area (Å²) in [5.74, 6) is 1.27. The highest BCUT2D eigenvalue weighted by atomic mass is 16.5. The number of ether oxygens (including phenoxy) is 1. The minimum atomic E-state index is -0.0816. The van der Waals surface area contributed by atoms with Crippen molar-refractivity contribution >= 4 is 11.8 Å². The first-order valence-electron chi connectivity index (χ1n) is 8.77. The molecule has 2 amide bonds. The predicted molar refractivity (Wildman–Crippen MR) is 86.3 cm³/mol. The van der Waals surface area contributed by atoms with Gasteiger partial charge in [-0.05, 0) is 31.2 Å². The molecule has 1 saturated carbocycles. The van der Waals surface area contributed by atoms with Gasteiger partial charge in [-0.25, -0.2) is 0 Å². The molecule has 2 bridgehead atoms. The number of rotatable bonds is 5. The van der Waals surface area contributed by atoms with Gasteiger partial charge in [-0.3, -0.25) is 9.59 Å². The van der Waals surface area contributed by atoms with Crippen molar-refractivity contribution in [3.63, 3.8) is 0 Å². The Hall–Kier alpha value is -1.82. The Morgan fingerprint density at radius 3 is 2.62 bits per heavy atom. The summed E-state index contributed by atoms with van der Waals surface area (Å²) in [7, 11) is 1.60. The second kappa shape index (κ2) is 5.92. The van der Waals surface area contributed by atoms with Crippen LogP contribution in [-0.2, 0) is 16.1 Å². The van der Waals surface area contributed by atoms with E-state index in [1.165, 1.54) is 19.1 Å². The number of carbonyl (C=O) groups excluding carboxylic acids is 2. The minimum absolute atomic E-state index is 0.0816. The lowest BCUT2D eigenvalue weighted by Crippen LogP contribution is -2.52. The maximum absolute atomic E-state index is 12.8. The molecule has 24 heavy (non-hydrogen) atoms. The van der Waals surface area contributed by atoms with Crippen LogP contribution < -0.4 is 0 Å². The summed E-state index contributed by atoms with van der Waals surface area (Å²) in [4.78, 5) is 29.3. The summed E-state index contributed by atoms with van der Waals surface area (Å²) >= 11 is 0. The van der Waals surface area contributed by atoms with E-state index in [2.05, 4.69) is 6.92 Å². The number of likely N-dealkylation sites (tertiary alicyclic amines) is 2. The summed E-state index contributed by atoms with van der Waals surface area (Å²) in [5.41, 5.74) is 0.778. The summed E-state index contributed by atoms with van der Waals surface area (Å²) in [5, 5.41) is 0. The Morgan fingerprint density at radius 2 is 2.00 bits per heavy atom. The molecular weight excluding hydrogens is 308 g/mol. The van der Waals surface area contributed by atoms with Crippen molar-refractivity contribution in [1.29, 1.82) is 0 Å². The van der Waals surface area contributed by atoms with Gasteiger partial charge in [0.25, 0.3) is 5.91 Å². The summed E-state index contributed by atoms with van der Waals surface area (Å²) in [6.07, 6.45) is 4.78. The Kier molecular flexibility index (Phi) is 3.87. The fourth-order valence-electron chi connectivity index (χ4n) is 4.17. The molecule has 3 atom stereocenters. The Bertz CT molecular complexity index is 651. The van der Waals surface area contributed by atoms with E-state index >= 15 is 0 Å². The second-order valence-electron chi connectivity index (χ2n) is 7.33. The normalized spacial score (nSPS) is 26.9. The fourth-order valence-corrected chi connectivity index (χ4v) is 4.17. The van der Waals surface area contributed by atoms with Crippen LogP contribution in [0.2, 0.25) is 0 Å². The third-order valence-electron chi connectivity index (χ3n) is 5.74. The molecule has 0 N–H and O–H groups in total. The SMILES string of the molecule is COCc1ccoc1C(=O)N1C[C@@H]2C[C@H]1CN2C(=O)C(C)C1CC1. The van der Waals surface area contributed by atoms with Gasteiger partial charge in [0, 0.05) is 31.7 Å². The monoisotopic (exact) mass is 332 g/mol. The molecule has 130 valence electrons. The van der Waals surface area contributed by atoms with Crippen LogP contribution in [0.25, 0.3) is 0 Å². The number of fused-ring (bicyclic) bond motifs is 2. The number of methoxy groups -OCH3 is 1. The van der Waals surface area contributed by atoms with E-state index in [-0.39, 0.29) is 29.8 Å². The van der Waals surface area contributed by atoms with Gasteiger partial charge >= 0.3 is 0 Å². The molecular formula is C18H24N2O4. The molecule has 2 saturated heterocycles. The largest absolute Gasteiger partial charge is 0.459 e. The molecule has 1 unspecified atom stereocenters. The van der Waals surface area contributed by atoms with Gasteiger partial charge in [0.2, 0.25) is 5.91 Å². The number of piperazine rings is 1. The van der Waals surface area contributed by atoms with E-state index in [1.54, 1.807) is 13.2 Å². The van der Waals surface area contributed by atoms with Gasteiger partial charge < -0.3 is 19.0 Å². The van der Waals surface area contributed by atoms with Gasteiger partial charge in [-0.1, -0.05) is 6.92 Å². The number of nitrogens with zero attached hydrogens (tertiary/aromatic N) is 2. The first-order chi connectivity index (χ1) is 11.6. The van der Waals surface area contributed by atoms with E-state index in [9.17, 15) is 9.59 Å². The summed E-state index contributed by atoms with van der Waals surface area (Å²) in [6, 6.07) is 2.05. The Labute approximate surface area is 141 Å². The average Bonchev–Trinajstić information content (AvgIpc) is 3.02. The molecule has 0 radical (unpaired) electrons. The van der Waals surface area contributed by atoms with E-state index in [0.717, 1.165) is 12.0 Å². The molecule has 3 heterocycles. The Morgan fingerprint density at radius 1 is 1.29 bits per heavy atom. The smallest absolute Gasteiger partial charge is 0.290 e. The zero-order valence-electron chi connectivity index (χ0n) is 14.2. The third kappa shape index (κ3) is 2.53. The van der Waals surface area contributed by atoms with Gasteiger partial charge in [-0.15, -0.1) is 0 Å². The lowest BCUT2D eigenvalue weighted by Gasteiger charge is -2.35. The molecule has 3 aliphatic rings. The van der Waals surface area contributed by atoms with Crippen molar-refractivity contribution in [3.05, 3.63) is 23.7 Å². The number of carbonyl (C=O) groups is 2. The van der Waals surface area contributed by atoms with E-state index < -0.39 is 0 Å². The van der Waals surface area contributed by atoms with Crippen LogP contribution in [0.3, 0.4) is 0 Å². The number of hydrogen-bond donors (Lipinski definition) is 0. The summed E-state index contributed by atoms with van der Waals surface area (Å²) in [6.45, 7) is 3.68. The minimum Gasteiger partial charge on any atom is -0.459 e. The fraction of sp³-hybridized carbons (Fsp3) is 0.667. The van der Waals surface area contributed by atoms with Gasteiger partial charge in [0.1, 0.15) is 0 Å². The van der Waals surface area contributed by atoms with Crippen LogP contribution in [-0.4, -0.2) is 53.9 Å². The van der Waals surface area contributed by atoms with Crippen molar-refractivity contribution in [2.24, 2.45) is 11.8 Å². The molecule has 2 aliphatic heterocycles. The highest BCUT2D eigenvalue weighted by molar-refractivity contribution is 5.93. The van der Waals surface area contributed by atoms with Crippen molar-refractivity contribution < 1.29 is 18.7 Å². The number of amides is 2. The quantitative estimate of drug-likeness (QED) is 0.826. The molecule has 0 spiro atoms. The van der Waals surface area contributed by atoms with Crippen molar-refractivity contribution in [2.75, 3.05) is 20.2 Å². The molecule has 1 aromatic rings. The van der Waals surface area contributed by atoms with Crippen LogP contribution >= 0.6 is 0 Å². The predicted octanol–water partition coefficient (Wildman–Crippen LogP) is 1.90. The van der Waals surface area contributed by atoms with Crippen molar-refractivity contribution in [1.82, 2.24) is 9.80 Å². The van der Waals surface area contributed by atoms with E-state index in [1.807, 2.05) is 9.80 Å². The number of hydrogen-bond acceptors (Lipinski definition) is 4. The summed E-state index contributed by atoms with van der Waals surface area (Å²) < 4.78 is 10.5. The zero-order valence-corrected chi connectivity index (χ0v) is 14.2. The van der Waals surface area contributed by atoms with Gasteiger partial charge in [0.15, 0.2) is 5.76 Å². The highest BCUT2D eigenvalue weighted by Crippen LogP contribution is 2.40. The highest BCUT2D eigenvalue weighted by Gasteiger charge is 2.49. The zero-order chi connectivity index (χ0) is 16.8. The standard InChI is InChI=1S/C18H24N2O4/c1-11(12-3-4-12)17(21)19-8-15-7-14(19)9-20(15)18(22)16-13(10-23-2)5-6-24-16/h5-6,11-12,14-15H,3-4,7-10H2,1-2H3/t11?,14-,15-/m0/s1. The molecule has 1 aliphatic carbocycles. The molecule has 6 heteroatoms. The molecule has 4 rings (SSSR count). The maximum Gasteiger partial charge on any atom is 0.290 e. The first-order valence-corrected chi connectivity index (χ1v) is 8.77. The average molecular weight is 332 g/mol.